The van der Waals surface area contributed by atoms with Gasteiger partial charge in [0.05, 0.1) is 18.6 Å². The van der Waals surface area contributed by atoms with Crippen molar-refractivity contribution in [2.45, 2.75) is 45.3 Å². The first-order valence-electron chi connectivity index (χ1n) is 7.92. The van der Waals surface area contributed by atoms with E-state index in [2.05, 4.69) is 5.32 Å². The molecule has 0 aromatic heterocycles. The molecule has 2 N–H and O–H groups in total. The van der Waals surface area contributed by atoms with E-state index in [1.807, 2.05) is 13.0 Å². The Balaban J connectivity index is 2.19. The number of aliphatic carboxylic acids is 1. The van der Waals surface area contributed by atoms with E-state index in [0.29, 0.717) is 12.2 Å². The van der Waals surface area contributed by atoms with Crippen LogP contribution in [-0.2, 0) is 16.0 Å². The molecule has 6 heteroatoms. The Bertz CT molecular complexity index is 675. The van der Waals surface area contributed by atoms with Crippen molar-refractivity contribution in [2.75, 3.05) is 6.61 Å². The second kappa shape index (κ2) is 6.62. The smallest absolute Gasteiger partial charge is 0.330 e. The van der Waals surface area contributed by atoms with E-state index >= 15 is 0 Å². The summed E-state index contributed by atoms with van der Waals surface area (Å²) in [5.41, 5.74) is -0.893. The maximum absolute atomic E-state index is 12.5. The lowest BCUT2D eigenvalue weighted by Crippen LogP contribution is -2.76. The number of rotatable bonds is 6. The molecule has 0 radical (unpaired) electrons. The van der Waals surface area contributed by atoms with Crippen LogP contribution in [0.4, 0.5) is 0 Å². The van der Waals surface area contributed by atoms with Crippen LogP contribution in [0, 0.1) is 16.7 Å². The zero-order valence-corrected chi connectivity index (χ0v) is 14.1. The summed E-state index contributed by atoms with van der Waals surface area (Å²) in [5.74, 6) is -1.50. The van der Waals surface area contributed by atoms with Crippen LogP contribution in [0.15, 0.2) is 24.3 Å². The highest BCUT2D eigenvalue weighted by Crippen LogP contribution is 2.51. The molecule has 0 aliphatic heterocycles. The minimum Gasteiger partial charge on any atom is -0.479 e. The summed E-state index contributed by atoms with van der Waals surface area (Å²) >= 11 is 0. The number of hydrogen-bond acceptors (Lipinski definition) is 4. The SMILES string of the molecule is CCOC1CC(NC(=O)c2ccc(CC#N)cc2)(C(=O)O)C1(C)C. The Morgan fingerprint density at radius 2 is 2.00 bits per heavy atom. The van der Waals surface area contributed by atoms with Crippen molar-refractivity contribution in [2.24, 2.45) is 5.41 Å². The summed E-state index contributed by atoms with van der Waals surface area (Å²) in [5, 5.41) is 21.1. The monoisotopic (exact) mass is 330 g/mol. The van der Waals surface area contributed by atoms with Crippen LogP contribution < -0.4 is 5.32 Å². The van der Waals surface area contributed by atoms with E-state index in [1.54, 1.807) is 38.1 Å². The van der Waals surface area contributed by atoms with Gasteiger partial charge in [-0.15, -0.1) is 0 Å². The fraction of sp³-hybridized carbons (Fsp3) is 0.500. The molecular formula is C18H22N2O4. The van der Waals surface area contributed by atoms with Gasteiger partial charge in [-0.25, -0.2) is 4.79 Å². The zero-order chi connectivity index (χ0) is 18.0. The van der Waals surface area contributed by atoms with Gasteiger partial charge in [0, 0.05) is 24.0 Å². The molecule has 1 aromatic rings. The molecule has 1 aliphatic rings. The molecule has 0 heterocycles. The number of amides is 1. The van der Waals surface area contributed by atoms with Gasteiger partial charge in [-0.2, -0.15) is 5.26 Å². The number of ether oxygens (including phenoxy) is 1. The summed E-state index contributed by atoms with van der Waals surface area (Å²) in [6, 6.07) is 8.63. The largest absolute Gasteiger partial charge is 0.479 e. The summed E-state index contributed by atoms with van der Waals surface area (Å²) < 4.78 is 5.58. The molecule has 0 saturated heterocycles. The van der Waals surface area contributed by atoms with Crippen LogP contribution in [0.3, 0.4) is 0 Å². The first kappa shape index (κ1) is 18.0. The Hall–Kier alpha value is -2.39. The highest BCUT2D eigenvalue weighted by Gasteiger charge is 2.66. The Labute approximate surface area is 141 Å². The Morgan fingerprint density at radius 3 is 2.46 bits per heavy atom. The number of carbonyl (C=O) groups excluding carboxylic acids is 1. The van der Waals surface area contributed by atoms with Crippen LogP contribution in [-0.4, -0.2) is 35.2 Å². The predicted octanol–water partition coefficient (Wildman–Crippen LogP) is 2.14. The average Bonchev–Trinajstić information content (AvgIpc) is 2.54. The van der Waals surface area contributed by atoms with Crippen molar-refractivity contribution < 1.29 is 19.4 Å². The van der Waals surface area contributed by atoms with Crippen LogP contribution in [0.25, 0.3) is 0 Å². The van der Waals surface area contributed by atoms with Crippen molar-refractivity contribution in [3.8, 4) is 6.07 Å². The lowest BCUT2D eigenvalue weighted by Gasteiger charge is -2.58. The standard InChI is InChI=1S/C18H22N2O4/c1-4-24-14-11-18(16(22)23,17(14,2)3)20-15(21)13-7-5-12(6-8-13)9-10-19/h5-8,14H,4,9,11H2,1-3H3,(H,20,21)(H,22,23). The maximum Gasteiger partial charge on any atom is 0.330 e. The third-order valence-corrected chi connectivity index (χ3v) is 4.96. The van der Waals surface area contributed by atoms with Crippen molar-refractivity contribution in [1.82, 2.24) is 5.32 Å². The van der Waals surface area contributed by atoms with Crippen LogP contribution in [0.2, 0.25) is 0 Å². The second-order valence-corrected chi connectivity index (χ2v) is 6.57. The first-order valence-corrected chi connectivity index (χ1v) is 7.92. The van der Waals surface area contributed by atoms with E-state index in [-0.39, 0.29) is 18.9 Å². The van der Waals surface area contributed by atoms with Crippen LogP contribution in [0.1, 0.15) is 43.1 Å². The van der Waals surface area contributed by atoms with E-state index < -0.39 is 22.8 Å². The van der Waals surface area contributed by atoms with Gasteiger partial charge in [0.25, 0.3) is 5.91 Å². The molecule has 128 valence electrons. The molecule has 1 fully saturated rings. The van der Waals surface area contributed by atoms with Crippen LogP contribution in [0.5, 0.6) is 0 Å². The number of benzene rings is 1. The van der Waals surface area contributed by atoms with Gasteiger partial charge < -0.3 is 15.2 Å². The number of carboxylic acids is 1. The third-order valence-electron chi connectivity index (χ3n) is 4.96. The van der Waals surface area contributed by atoms with Crippen LogP contribution >= 0.6 is 0 Å². The van der Waals surface area contributed by atoms with Gasteiger partial charge in [0.15, 0.2) is 0 Å². The Morgan fingerprint density at radius 1 is 1.38 bits per heavy atom. The van der Waals surface area contributed by atoms with E-state index in [1.165, 1.54) is 0 Å². The molecular weight excluding hydrogens is 308 g/mol. The normalized spacial score (nSPS) is 24.5. The number of carboxylic acid groups (broad SMARTS) is 1. The molecule has 2 unspecified atom stereocenters. The molecule has 1 aliphatic carbocycles. The highest BCUT2D eigenvalue weighted by atomic mass is 16.5. The summed E-state index contributed by atoms with van der Waals surface area (Å²) in [6.45, 7) is 5.94. The summed E-state index contributed by atoms with van der Waals surface area (Å²) in [4.78, 5) is 24.4. The fourth-order valence-corrected chi connectivity index (χ4v) is 3.17. The summed E-state index contributed by atoms with van der Waals surface area (Å²) in [6.07, 6.45) is 0.294. The molecule has 1 aromatic carbocycles. The van der Waals surface area contributed by atoms with Gasteiger partial charge >= 0.3 is 5.97 Å². The number of nitriles is 1. The Kier molecular flexibility index (Phi) is 4.95. The van der Waals surface area contributed by atoms with Crippen molar-refractivity contribution in [3.63, 3.8) is 0 Å². The molecule has 0 bridgehead atoms. The zero-order valence-electron chi connectivity index (χ0n) is 14.1. The highest BCUT2D eigenvalue weighted by molar-refractivity contribution is 5.98. The van der Waals surface area contributed by atoms with Crippen molar-refractivity contribution in [3.05, 3.63) is 35.4 Å². The second-order valence-electron chi connectivity index (χ2n) is 6.57. The number of carbonyl (C=O) groups is 2. The van der Waals surface area contributed by atoms with Crippen molar-refractivity contribution in [1.29, 1.82) is 5.26 Å². The quantitative estimate of drug-likeness (QED) is 0.832. The minimum absolute atomic E-state index is 0.211. The van der Waals surface area contributed by atoms with Gasteiger partial charge in [0.1, 0.15) is 5.54 Å². The van der Waals surface area contributed by atoms with E-state index in [9.17, 15) is 14.7 Å². The molecule has 1 amide bonds. The maximum atomic E-state index is 12.5. The number of hydrogen-bond donors (Lipinski definition) is 2. The van der Waals surface area contributed by atoms with Gasteiger partial charge in [0.2, 0.25) is 0 Å². The fourth-order valence-electron chi connectivity index (χ4n) is 3.17. The number of nitrogens with zero attached hydrogens (tertiary/aromatic N) is 1. The molecule has 2 atom stereocenters. The first-order chi connectivity index (χ1) is 11.3. The minimum atomic E-state index is -1.35. The lowest BCUT2D eigenvalue weighted by molar-refractivity contribution is -0.190. The third kappa shape index (κ3) is 2.87. The van der Waals surface area contributed by atoms with E-state index in [0.717, 1.165) is 5.56 Å². The number of nitrogens with one attached hydrogen (secondary N) is 1. The molecule has 0 spiro atoms. The van der Waals surface area contributed by atoms with Crippen molar-refractivity contribution >= 4 is 11.9 Å². The lowest BCUT2D eigenvalue weighted by atomic mass is 9.54. The van der Waals surface area contributed by atoms with E-state index in [4.69, 9.17) is 10.00 Å². The molecule has 1 saturated carbocycles. The van der Waals surface area contributed by atoms with Gasteiger partial charge in [-0.1, -0.05) is 26.0 Å². The predicted molar refractivity (Wildman–Crippen MR) is 87.4 cm³/mol. The van der Waals surface area contributed by atoms with Gasteiger partial charge in [-0.3, -0.25) is 4.79 Å². The summed E-state index contributed by atoms with van der Waals surface area (Å²) in [7, 11) is 0. The molecule has 6 nitrogen and oxygen atoms in total. The molecule has 24 heavy (non-hydrogen) atoms. The van der Waals surface area contributed by atoms with Gasteiger partial charge in [-0.05, 0) is 24.6 Å². The topological polar surface area (TPSA) is 99.4 Å². The molecule has 2 rings (SSSR count). The average molecular weight is 330 g/mol.